The van der Waals surface area contributed by atoms with Crippen molar-refractivity contribution in [2.24, 2.45) is 4.99 Å². The van der Waals surface area contributed by atoms with Gasteiger partial charge in [-0.05, 0) is 30.3 Å². The van der Waals surface area contributed by atoms with Gasteiger partial charge in [-0.25, -0.2) is 4.39 Å². The summed E-state index contributed by atoms with van der Waals surface area (Å²) in [4.78, 5) is 4.39. The Labute approximate surface area is 145 Å². The van der Waals surface area contributed by atoms with Gasteiger partial charge in [-0.15, -0.1) is 10.2 Å². The Morgan fingerprint density at radius 3 is 2.58 bits per heavy atom. The van der Waals surface area contributed by atoms with E-state index in [1.807, 2.05) is 0 Å². The summed E-state index contributed by atoms with van der Waals surface area (Å²) in [6.45, 7) is 0.262. The number of aromatic nitrogens is 3. The van der Waals surface area contributed by atoms with Gasteiger partial charge in [0.05, 0.1) is 17.0 Å². The summed E-state index contributed by atoms with van der Waals surface area (Å²) in [5, 5.41) is 7.83. The van der Waals surface area contributed by atoms with Gasteiger partial charge >= 0.3 is 6.18 Å². The van der Waals surface area contributed by atoms with Crippen molar-refractivity contribution in [3.05, 3.63) is 77.1 Å². The molecule has 0 saturated carbocycles. The first kappa shape index (κ1) is 16.4. The summed E-state index contributed by atoms with van der Waals surface area (Å²) >= 11 is 0. The summed E-state index contributed by atoms with van der Waals surface area (Å²) in [7, 11) is 0. The molecule has 0 aliphatic carbocycles. The maximum absolute atomic E-state index is 14.3. The molecule has 0 atom stereocenters. The van der Waals surface area contributed by atoms with E-state index < -0.39 is 17.6 Å². The van der Waals surface area contributed by atoms with Crippen LogP contribution in [0.25, 0.3) is 5.69 Å². The zero-order valence-corrected chi connectivity index (χ0v) is 13.3. The van der Waals surface area contributed by atoms with Crippen molar-refractivity contribution in [3.8, 4) is 5.69 Å². The standard InChI is InChI=1S/C18H12F4N4/c19-14-4-2-1-3-12(14)17-13-9-11(18(20,21)22)5-6-15(13)26-10-24-25-16(26)7-8-23-17/h1-6,9-10H,7-8H2/b23-17-. The number of alkyl halides is 3. The third-order valence-electron chi connectivity index (χ3n) is 4.19. The summed E-state index contributed by atoms with van der Waals surface area (Å²) in [6, 6.07) is 9.23. The predicted octanol–water partition coefficient (Wildman–Crippen LogP) is 3.82. The molecule has 0 fully saturated rings. The number of nitrogens with zero attached hydrogens (tertiary/aromatic N) is 4. The van der Waals surface area contributed by atoms with Crippen molar-refractivity contribution >= 4 is 5.71 Å². The maximum atomic E-state index is 14.3. The average molecular weight is 360 g/mol. The van der Waals surface area contributed by atoms with E-state index in [1.54, 1.807) is 10.6 Å². The van der Waals surface area contributed by atoms with Gasteiger partial charge in [-0.3, -0.25) is 9.56 Å². The molecule has 26 heavy (non-hydrogen) atoms. The lowest BCUT2D eigenvalue weighted by atomic mass is 9.97. The molecule has 0 spiro atoms. The largest absolute Gasteiger partial charge is 0.416 e. The quantitative estimate of drug-likeness (QED) is 0.619. The molecule has 0 amide bonds. The second kappa shape index (κ2) is 6.05. The van der Waals surface area contributed by atoms with Gasteiger partial charge in [0.1, 0.15) is 18.0 Å². The molecule has 4 rings (SSSR count). The molecule has 2 aromatic carbocycles. The zero-order chi connectivity index (χ0) is 18.3. The Morgan fingerprint density at radius 2 is 1.81 bits per heavy atom. The summed E-state index contributed by atoms with van der Waals surface area (Å²) in [5.74, 6) is 0.0431. The van der Waals surface area contributed by atoms with Crippen molar-refractivity contribution in [2.45, 2.75) is 12.6 Å². The molecule has 3 aromatic rings. The van der Waals surface area contributed by atoms with Crippen molar-refractivity contribution in [1.82, 2.24) is 14.8 Å². The van der Waals surface area contributed by atoms with Crippen LogP contribution in [0, 0.1) is 5.82 Å². The Balaban J connectivity index is 2.00. The average Bonchev–Trinajstić information content (AvgIpc) is 3.04. The molecule has 0 saturated heterocycles. The van der Waals surface area contributed by atoms with E-state index in [0.717, 1.165) is 12.1 Å². The van der Waals surface area contributed by atoms with Crippen molar-refractivity contribution in [2.75, 3.05) is 6.54 Å². The van der Waals surface area contributed by atoms with Crippen LogP contribution in [0.15, 0.2) is 53.8 Å². The number of hydrogen-bond acceptors (Lipinski definition) is 3. The van der Waals surface area contributed by atoms with Gasteiger partial charge in [0.25, 0.3) is 0 Å². The molecule has 1 aliphatic rings. The fraction of sp³-hybridized carbons (Fsp3) is 0.167. The van der Waals surface area contributed by atoms with E-state index in [0.29, 0.717) is 17.9 Å². The lowest BCUT2D eigenvalue weighted by Gasteiger charge is -2.19. The number of aliphatic imine (C=N–C) groups is 1. The second-order valence-electron chi connectivity index (χ2n) is 5.81. The molecule has 1 aliphatic heterocycles. The van der Waals surface area contributed by atoms with E-state index in [4.69, 9.17) is 0 Å². The van der Waals surface area contributed by atoms with Crippen LogP contribution in [0.5, 0.6) is 0 Å². The van der Waals surface area contributed by atoms with E-state index in [2.05, 4.69) is 15.2 Å². The van der Waals surface area contributed by atoms with E-state index in [9.17, 15) is 17.6 Å². The number of rotatable bonds is 1. The number of benzene rings is 2. The van der Waals surface area contributed by atoms with Crippen LogP contribution in [0.3, 0.4) is 0 Å². The molecular weight excluding hydrogens is 348 g/mol. The SMILES string of the molecule is Fc1ccccc1/C1=N/CCc2nncn2-c2ccc(C(F)(F)F)cc21. The van der Waals surface area contributed by atoms with Gasteiger partial charge in [-0.1, -0.05) is 12.1 Å². The first-order valence-electron chi connectivity index (χ1n) is 7.85. The molecular formula is C18H12F4N4. The molecule has 0 unspecified atom stereocenters. The predicted molar refractivity (Wildman–Crippen MR) is 87.0 cm³/mol. The molecule has 0 bridgehead atoms. The van der Waals surface area contributed by atoms with Crippen LogP contribution < -0.4 is 0 Å². The van der Waals surface area contributed by atoms with E-state index >= 15 is 0 Å². The molecule has 0 radical (unpaired) electrons. The van der Waals surface area contributed by atoms with Crippen LogP contribution in [-0.4, -0.2) is 27.0 Å². The monoisotopic (exact) mass is 360 g/mol. The Bertz CT molecular complexity index is 1000. The Kier molecular flexibility index (Phi) is 3.82. The lowest BCUT2D eigenvalue weighted by Crippen LogP contribution is -2.17. The minimum atomic E-state index is -4.52. The molecule has 0 N–H and O–H groups in total. The van der Waals surface area contributed by atoms with E-state index in [-0.39, 0.29) is 23.4 Å². The molecule has 2 heterocycles. The highest BCUT2D eigenvalue weighted by molar-refractivity contribution is 6.15. The number of hydrogen-bond donors (Lipinski definition) is 0. The third kappa shape index (κ3) is 2.77. The minimum absolute atomic E-state index is 0.157. The molecule has 132 valence electrons. The fourth-order valence-corrected chi connectivity index (χ4v) is 2.98. The van der Waals surface area contributed by atoms with Crippen LogP contribution >= 0.6 is 0 Å². The van der Waals surface area contributed by atoms with Gasteiger partial charge in [-0.2, -0.15) is 13.2 Å². The van der Waals surface area contributed by atoms with Gasteiger partial charge in [0.15, 0.2) is 0 Å². The summed E-state index contributed by atoms with van der Waals surface area (Å²) in [6.07, 6.45) is -2.64. The maximum Gasteiger partial charge on any atom is 0.416 e. The highest BCUT2D eigenvalue weighted by Gasteiger charge is 2.32. The first-order valence-corrected chi connectivity index (χ1v) is 7.85. The Morgan fingerprint density at radius 1 is 1.00 bits per heavy atom. The third-order valence-corrected chi connectivity index (χ3v) is 4.19. The van der Waals surface area contributed by atoms with Crippen molar-refractivity contribution in [1.29, 1.82) is 0 Å². The first-order chi connectivity index (χ1) is 12.4. The van der Waals surface area contributed by atoms with Crippen LogP contribution in [0.2, 0.25) is 0 Å². The zero-order valence-electron chi connectivity index (χ0n) is 13.3. The minimum Gasteiger partial charge on any atom is -0.285 e. The normalized spacial score (nSPS) is 16.1. The highest BCUT2D eigenvalue weighted by atomic mass is 19.4. The second-order valence-corrected chi connectivity index (χ2v) is 5.81. The number of fused-ring (bicyclic) bond motifs is 3. The van der Waals surface area contributed by atoms with Crippen molar-refractivity contribution in [3.63, 3.8) is 0 Å². The fourth-order valence-electron chi connectivity index (χ4n) is 2.98. The highest BCUT2D eigenvalue weighted by Crippen LogP contribution is 2.33. The topological polar surface area (TPSA) is 43.1 Å². The molecule has 4 nitrogen and oxygen atoms in total. The van der Waals surface area contributed by atoms with Gasteiger partial charge < -0.3 is 0 Å². The number of halogens is 4. The van der Waals surface area contributed by atoms with E-state index in [1.165, 1.54) is 30.6 Å². The summed E-state index contributed by atoms with van der Waals surface area (Å²) in [5.41, 5.74) is 0.133. The smallest absolute Gasteiger partial charge is 0.285 e. The Hall–Kier alpha value is -3.03. The van der Waals surface area contributed by atoms with Gasteiger partial charge in [0, 0.05) is 24.1 Å². The molecule has 8 heteroatoms. The lowest BCUT2D eigenvalue weighted by molar-refractivity contribution is -0.137. The van der Waals surface area contributed by atoms with Crippen molar-refractivity contribution < 1.29 is 17.6 Å². The van der Waals surface area contributed by atoms with Crippen LogP contribution in [0.4, 0.5) is 17.6 Å². The van der Waals surface area contributed by atoms with Crippen LogP contribution in [0.1, 0.15) is 22.5 Å². The summed E-state index contributed by atoms with van der Waals surface area (Å²) < 4.78 is 55.7. The van der Waals surface area contributed by atoms with Crippen LogP contribution in [-0.2, 0) is 12.6 Å². The van der Waals surface area contributed by atoms with Gasteiger partial charge in [0.2, 0.25) is 0 Å². The molecule has 1 aromatic heterocycles.